The Morgan fingerprint density at radius 3 is 2.62 bits per heavy atom. The Balaban J connectivity index is 2.52. The third-order valence-electron chi connectivity index (χ3n) is 3.32. The molecule has 0 fully saturated rings. The Labute approximate surface area is 122 Å². The third kappa shape index (κ3) is 2.81. The van der Waals surface area contributed by atoms with Crippen molar-refractivity contribution in [2.75, 3.05) is 6.61 Å². The number of carbonyl (C=O) groups is 2. The van der Waals surface area contributed by atoms with Crippen molar-refractivity contribution in [3.8, 4) is 11.1 Å². The maximum absolute atomic E-state index is 11.9. The molecule has 0 saturated carbocycles. The third-order valence-corrected chi connectivity index (χ3v) is 3.32. The van der Waals surface area contributed by atoms with Crippen molar-refractivity contribution in [1.82, 2.24) is 4.98 Å². The minimum atomic E-state index is -0.978. The molecule has 0 unspecified atom stereocenters. The van der Waals surface area contributed by atoms with Crippen molar-refractivity contribution in [2.24, 2.45) is 0 Å². The summed E-state index contributed by atoms with van der Waals surface area (Å²) in [6.07, 6.45) is 0. The summed E-state index contributed by atoms with van der Waals surface area (Å²) in [7, 11) is 0. The quantitative estimate of drug-likeness (QED) is 0.846. The minimum absolute atomic E-state index is 0.213. The molecule has 21 heavy (non-hydrogen) atoms. The summed E-state index contributed by atoms with van der Waals surface area (Å²) in [6.45, 7) is 5.72. The molecule has 0 aliphatic carbocycles. The second-order valence-corrected chi connectivity index (χ2v) is 4.73. The number of carbonyl (C=O) groups excluding carboxylic acids is 1. The first kappa shape index (κ1) is 14.8. The van der Waals surface area contributed by atoms with Crippen LogP contribution in [0.3, 0.4) is 0 Å². The zero-order valence-electron chi connectivity index (χ0n) is 12.2. The second kappa shape index (κ2) is 5.83. The molecule has 0 atom stereocenters. The zero-order chi connectivity index (χ0) is 15.6. The Bertz CT molecular complexity index is 700. The number of carboxylic acid groups (broad SMARTS) is 1. The number of aromatic amines is 1. The SMILES string of the molecule is CCOC(=O)c1[nH]c(C)c(-c2cccc(C(=O)O)c2)c1C. The van der Waals surface area contributed by atoms with E-state index in [-0.39, 0.29) is 5.56 Å². The lowest BCUT2D eigenvalue weighted by atomic mass is 9.99. The largest absolute Gasteiger partial charge is 0.478 e. The van der Waals surface area contributed by atoms with Gasteiger partial charge in [-0.3, -0.25) is 0 Å². The molecule has 0 radical (unpaired) electrons. The molecule has 1 heterocycles. The van der Waals surface area contributed by atoms with Crippen molar-refractivity contribution >= 4 is 11.9 Å². The highest BCUT2D eigenvalue weighted by atomic mass is 16.5. The number of hydrogen-bond donors (Lipinski definition) is 2. The Hall–Kier alpha value is -2.56. The summed E-state index contributed by atoms with van der Waals surface area (Å²) >= 11 is 0. The summed E-state index contributed by atoms with van der Waals surface area (Å²) in [4.78, 5) is 26.0. The van der Waals surface area contributed by atoms with Gasteiger partial charge in [0, 0.05) is 11.3 Å². The summed E-state index contributed by atoms with van der Waals surface area (Å²) in [6, 6.07) is 6.65. The van der Waals surface area contributed by atoms with Crippen molar-refractivity contribution in [3.05, 3.63) is 46.8 Å². The number of ether oxygens (including phenoxy) is 1. The summed E-state index contributed by atoms with van der Waals surface area (Å²) in [5.74, 6) is -1.38. The first-order valence-electron chi connectivity index (χ1n) is 6.65. The average molecular weight is 287 g/mol. The summed E-state index contributed by atoms with van der Waals surface area (Å²) in [5, 5.41) is 9.08. The lowest BCUT2D eigenvalue weighted by Gasteiger charge is -2.05. The van der Waals surface area contributed by atoms with E-state index in [1.165, 1.54) is 6.07 Å². The topological polar surface area (TPSA) is 79.4 Å². The first-order valence-corrected chi connectivity index (χ1v) is 6.65. The van der Waals surface area contributed by atoms with E-state index in [1.807, 2.05) is 19.9 Å². The molecule has 1 aromatic heterocycles. The van der Waals surface area contributed by atoms with Crippen LogP contribution >= 0.6 is 0 Å². The molecular formula is C16H17NO4. The minimum Gasteiger partial charge on any atom is -0.478 e. The summed E-state index contributed by atoms with van der Waals surface area (Å²) in [5.41, 5.74) is 3.78. The first-order chi connectivity index (χ1) is 9.95. The van der Waals surface area contributed by atoms with Crippen LogP contribution in [0.25, 0.3) is 11.1 Å². The molecule has 5 heteroatoms. The smallest absolute Gasteiger partial charge is 0.355 e. The van der Waals surface area contributed by atoms with Gasteiger partial charge >= 0.3 is 11.9 Å². The van der Waals surface area contributed by atoms with Crippen LogP contribution in [-0.2, 0) is 4.74 Å². The van der Waals surface area contributed by atoms with Gasteiger partial charge in [-0.1, -0.05) is 12.1 Å². The Morgan fingerprint density at radius 1 is 1.29 bits per heavy atom. The van der Waals surface area contributed by atoms with Crippen LogP contribution in [-0.4, -0.2) is 28.6 Å². The number of nitrogens with one attached hydrogen (secondary N) is 1. The van der Waals surface area contributed by atoms with Crippen LogP contribution in [0.15, 0.2) is 24.3 Å². The number of carboxylic acids is 1. The Morgan fingerprint density at radius 2 is 2.00 bits per heavy atom. The highest BCUT2D eigenvalue weighted by molar-refractivity contribution is 5.94. The maximum atomic E-state index is 11.9. The molecule has 0 aliphatic heterocycles. The van der Waals surface area contributed by atoms with Gasteiger partial charge in [-0.05, 0) is 44.0 Å². The van der Waals surface area contributed by atoms with Crippen LogP contribution in [0.4, 0.5) is 0 Å². The van der Waals surface area contributed by atoms with Crippen molar-refractivity contribution in [3.63, 3.8) is 0 Å². The van der Waals surface area contributed by atoms with E-state index < -0.39 is 11.9 Å². The van der Waals surface area contributed by atoms with Crippen LogP contribution in [0, 0.1) is 13.8 Å². The van der Waals surface area contributed by atoms with Crippen LogP contribution in [0.5, 0.6) is 0 Å². The van der Waals surface area contributed by atoms with Crippen molar-refractivity contribution in [1.29, 1.82) is 0 Å². The number of H-pyrrole nitrogens is 1. The van der Waals surface area contributed by atoms with Crippen molar-refractivity contribution < 1.29 is 19.4 Å². The van der Waals surface area contributed by atoms with E-state index in [1.54, 1.807) is 19.1 Å². The fourth-order valence-electron chi connectivity index (χ4n) is 2.40. The van der Waals surface area contributed by atoms with E-state index in [9.17, 15) is 9.59 Å². The molecular weight excluding hydrogens is 270 g/mol. The van der Waals surface area contributed by atoms with E-state index in [0.717, 1.165) is 22.4 Å². The predicted octanol–water partition coefficient (Wildman–Crippen LogP) is 3.17. The van der Waals surface area contributed by atoms with Gasteiger partial charge in [0.25, 0.3) is 0 Å². The fraction of sp³-hybridized carbons (Fsp3) is 0.250. The average Bonchev–Trinajstić information content (AvgIpc) is 2.74. The van der Waals surface area contributed by atoms with Crippen LogP contribution in [0.2, 0.25) is 0 Å². The number of aromatic nitrogens is 1. The molecule has 5 nitrogen and oxygen atoms in total. The molecule has 0 spiro atoms. The van der Waals surface area contributed by atoms with Crippen LogP contribution < -0.4 is 0 Å². The molecule has 0 amide bonds. The summed E-state index contributed by atoms with van der Waals surface area (Å²) < 4.78 is 5.01. The van der Waals surface area contributed by atoms with Gasteiger partial charge in [0.05, 0.1) is 12.2 Å². The molecule has 0 saturated heterocycles. The number of aromatic carboxylic acids is 1. The van der Waals surface area contributed by atoms with Gasteiger partial charge in [-0.15, -0.1) is 0 Å². The van der Waals surface area contributed by atoms with Gasteiger partial charge < -0.3 is 14.8 Å². The standard InChI is InChI=1S/C16H17NO4/c1-4-21-16(20)14-9(2)13(10(3)17-14)11-6-5-7-12(8-11)15(18)19/h5-8,17H,4H2,1-3H3,(H,18,19). The van der Waals surface area contributed by atoms with Crippen LogP contribution in [0.1, 0.15) is 39.0 Å². The van der Waals surface area contributed by atoms with Gasteiger partial charge in [0.2, 0.25) is 0 Å². The van der Waals surface area contributed by atoms with E-state index >= 15 is 0 Å². The van der Waals surface area contributed by atoms with Gasteiger partial charge in [0.1, 0.15) is 5.69 Å². The normalized spacial score (nSPS) is 10.4. The number of aryl methyl sites for hydroxylation is 1. The van der Waals surface area contributed by atoms with E-state index in [4.69, 9.17) is 9.84 Å². The molecule has 2 rings (SSSR count). The van der Waals surface area contributed by atoms with E-state index in [2.05, 4.69) is 4.98 Å². The van der Waals surface area contributed by atoms with Crippen molar-refractivity contribution in [2.45, 2.75) is 20.8 Å². The molecule has 0 bridgehead atoms. The fourth-order valence-corrected chi connectivity index (χ4v) is 2.40. The van der Waals surface area contributed by atoms with Gasteiger partial charge in [0.15, 0.2) is 0 Å². The monoisotopic (exact) mass is 287 g/mol. The second-order valence-electron chi connectivity index (χ2n) is 4.73. The van der Waals surface area contributed by atoms with Gasteiger partial charge in [-0.25, -0.2) is 9.59 Å². The lowest BCUT2D eigenvalue weighted by Crippen LogP contribution is -2.06. The molecule has 1 aromatic carbocycles. The molecule has 0 aliphatic rings. The van der Waals surface area contributed by atoms with Gasteiger partial charge in [-0.2, -0.15) is 0 Å². The molecule has 2 aromatic rings. The highest BCUT2D eigenvalue weighted by Crippen LogP contribution is 2.30. The zero-order valence-corrected chi connectivity index (χ0v) is 12.2. The number of rotatable bonds is 4. The molecule has 2 N–H and O–H groups in total. The number of esters is 1. The van der Waals surface area contributed by atoms with E-state index in [0.29, 0.717) is 12.3 Å². The number of hydrogen-bond acceptors (Lipinski definition) is 3. The highest BCUT2D eigenvalue weighted by Gasteiger charge is 2.19. The Kier molecular flexibility index (Phi) is 4.12. The maximum Gasteiger partial charge on any atom is 0.355 e. The molecule has 110 valence electrons. The number of benzene rings is 1. The lowest BCUT2D eigenvalue weighted by molar-refractivity contribution is 0.0518. The predicted molar refractivity (Wildman–Crippen MR) is 78.6 cm³/mol.